The first-order valence-corrected chi connectivity index (χ1v) is 5.31. The van der Waals surface area contributed by atoms with Gasteiger partial charge in [0.25, 0.3) is 0 Å². The third-order valence-electron chi connectivity index (χ3n) is 2.95. The molecular weight excluding hydrogens is 224 g/mol. The predicted molar refractivity (Wildman–Crippen MR) is 59.1 cm³/mol. The lowest BCUT2D eigenvalue weighted by molar-refractivity contribution is -0.140. The average Bonchev–Trinajstić information content (AvgIpc) is 2.56. The maximum Gasteiger partial charge on any atom is 0.345 e. The summed E-state index contributed by atoms with van der Waals surface area (Å²) in [4.78, 5) is 29.6. The number of carboxylic acid groups (broad SMARTS) is 1. The van der Waals surface area contributed by atoms with Crippen LogP contribution in [0.4, 0.5) is 4.79 Å². The predicted octanol–water partition coefficient (Wildman–Crippen LogP) is 0.623. The highest BCUT2D eigenvalue weighted by Crippen LogP contribution is 2.29. The summed E-state index contributed by atoms with van der Waals surface area (Å²) in [5.41, 5.74) is 0.837. The summed E-state index contributed by atoms with van der Waals surface area (Å²) >= 11 is 0. The standard InChI is InChI=1S/C11H14N2O4/c1-3-4-17-13-9-6-12(11(13)16)8(10(14)15)5-7(9)2/h3,5,8-9H,1,4,6H2,2H3,(H,14,15). The van der Waals surface area contributed by atoms with Crippen LogP contribution in [0.3, 0.4) is 0 Å². The van der Waals surface area contributed by atoms with Crippen molar-refractivity contribution in [2.24, 2.45) is 0 Å². The van der Waals surface area contributed by atoms with Crippen LogP contribution in [-0.2, 0) is 9.63 Å². The Labute approximate surface area is 98.7 Å². The number of hydrogen-bond donors (Lipinski definition) is 1. The van der Waals surface area contributed by atoms with Gasteiger partial charge in [-0.05, 0) is 18.6 Å². The molecule has 17 heavy (non-hydrogen) atoms. The molecule has 0 aliphatic carbocycles. The number of carbonyl (C=O) groups excluding carboxylic acids is 1. The first kappa shape index (κ1) is 11.7. The summed E-state index contributed by atoms with van der Waals surface area (Å²) in [6.45, 7) is 5.90. The molecule has 2 aliphatic rings. The van der Waals surface area contributed by atoms with Crippen LogP contribution in [0, 0.1) is 0 Å². The number of carbonyl (C=O) groups is 2. The zero-order valence-electron chi connectivity index (χ0n) is 9.50. The van der Waals surface area contributed by atoms with E-state index in [1.165, 1.54) is 9.96 Å². The van der Waals surface area contributed by atoms with Gasteiger partial charge in [0.05, 0.1) is 19.2 Å². The van der Waals surface area contributed by atoms with Crippen molar-refractivity contribution in [1.82, 2.24) is 9.96 Å². The van der Waals surface area contributed by atoms with Crippen LogP contribution >= 0.6 is 0 Å². The Balaban J connectivity index is 2.24. The van der Waals surface area contributed by atoms with E-state index < -0.39 is 18.0 Å². The Hall–Kier alpha value is -1.82. The van der Waals surface area contributed by atoms with Crippen molar-refractivity contribution in [2.45, 2.75) is 19.0 Å². The van der Waals surface area contributed by atoms with Crippen molar-refractivity contribution in [3.05, 3.63) is 24.3 Å². The van der Waals surface area contributed by atoms with E-state index in [4.69, 9.17) is 9.94 Å². The van der Waals surface area contributed by atoms with E-state index in [9.17, 15) is 9.59 Å². The van der Waals surface area contributed by atoms with Gasteiger partial charge in [-0.25, -0.2) is 9.59 Å². The topological polar surface area (TPSA) is 70.1 Å². The Morgan fingerprint density at radius 2 is 2.47 bits per heavy atom. The van der Waals surface area contributed by atoms with Gasteiger partial charge in [0, 0.05) is 0 Å². The molecule has 2 unspecified atom stereocenters. The van der Waals surface area contributed by atoms with Crippen LogP contribution in [0.2, 0.25) is 0 Å². The molecule has 6 nitrogen and oxygen atoms in total. The van der Waals surface area contributed by atoms with E-state index in [2.05, 4.69) is 6.58 Å². The van der Waals surface area contributed by atoms with Crippen molar-refractivity contribution in [3.63, 3.8) is 0 Å². The fourth-order valence-electron chi connectivity index (χ4n) is 2.09. The Morgan fingerprint density at radius 1 is 1.76 bits per heavy atom. The van der Waals surface area contributed by atoms with E-state index >= 15 is 0 Å². The van der Waals surface area contributed by atoms with Crippen molar-refractivity contribution in [3.8, 4) is 0 Å². The molecule has 2 atom stereocenters. The zero-order chi connectivity index (χ0) is 12.6. The molecule has 2 amide bonds. The van der Waals surface area contributed by atoms with Crippen molar-refractivity contribution in [2.75, 3.05) is 13.2 Å². The minimum absolute atomic E-state index is 0.196. The number of nitrogens with zero attached hydrogens (tertiary/aromatic N) is 2. The quantitative estimate of drug-likeness (QED) is 0.729. The number of urea groups is 1. The van der Waals surface area contributed by atoms with Crippen LogP contribution in [0.15, 0.2) is 24.3 Å². The number of carboxylic acids is 1. The number of fused-ring (bicyclic) bond motifs is 2. The molecule has 6 heteroatoms. The lowest BCUT2D eigenvalue weighted by Gasteiger charge is -2.25. The molecule has 0 radical (unpaired) electrons. The van der Waals surface area contributed by atoms with Crippen LogP contribution in [0.5, 0.6) is 0 Å². The van der Waals surface area contributed by atoms with Gasteiger partial charge in [-0.1, -0.05) is 6.08 Å². The number of hydroxylamine groups is 2. The van der Waals surface area contributed by atoms with E-state index in [0.29, 0.717) is 6.54 Å². The van der Waals surface area contributed by atoms with Gasteiger partial charge in [0.15, 0.2) is 0 Å². The number of amides is 2. The molecule has 92 valence electrons. The van der Waals surface area contributed by atoms with Gasteiger partial charge in [0.1, 0.15) is 6.04 Å². The van der Waals surface area contributed by atoms with Crippen LogP contribution in [-0.4, -0.2) is 52.3 Å². The summed E-state index contributed by atoms with van der Waals surface area (Å²) in [5.74, 6) is -1.03. The Morgan fingerprint density at radius 3 is 3.06 bits per heavy atom. The van der Waals surface area contributed by atoms with Crippen LogP contribution in [0.1, 0.15) is 6.92 Å². The Bertz CT molecular complexity index is 404. The summed E-state index contributed by atoms with van der Waals surface area (Å²) in [6.07, 6.45) is 3.13. The molecule has 0 spiro atoms. The van der Waals surface area contributed by atoms with E-state index in [1.807, 2.05) is 0 Å². The van der Waals surface area contributed by atoms with Crippen molar-refractivity contribution >= 4 is 12.0 Å². The molecule has 2 rings (SSSR count). The highest BCUT2D eigenvalue weighted by atomic mass is 16.7. The van der Waals surface area contributed by atoms with Gasteiger partial charge in [-0.15, -0.1) is 6.58 Å². The molecule has 1 N–H and O–H groups in total. The first-order chi connectivity index (χ1) is 8.06. The third-order valence-corrected chi connectivity index (χ3v) is 2.95. The maximum atomic E-state index is 11.9. The second-order valence-corrected chi connectivity index (χ2v) is 4.05. The average molecular weight is 238 g/mol. The smallest absolute Gasteiger partial charge is 0.345 e. The fraction of sp³-hybridized carbons (Fsp3) is 0.455. The molecule has 0 aromatic rings. The highest BCUT2D eigenvalue weighted by molar-refractivity contribution is 5.87. The molecule has 2 bridgehead atoms. The first-order valence-electron chi connectivity index (χ1n) is 5.31. The minimum atomic E-state index is -1.03. The molecule has 0 aromatic heterocycles. The third kappa shape index (κ3) is 1.80. The SMILES string of the molecule is C=CCON1C(=O)N2CC1C(C)=CC2C(=O)O. The molecule has 2 heterocycles. The molecule has 0 saturated carbocycles. The van der Waals surface area contributed by atoms with Gasteiger partial charge in [-0.3, -0.25) is 4.84 Å². The van der Waals surface area contributed by atoms with Gasteiger partial charge >= 0.3 is 12.0 Å². The second kappa shape index (κ2) is 4.21. The molecule has 0 aromatic carbocycles. The number of hydrogen-bond acceptors (Lipinski definition) is 3. The number of rotatable bonds is 4. The van der Waals surface area contributed by atoms with E-state index in [0.717, 1.165) is 5.57 Å². The fourth-order valence-corrected chi connectivity index (χ4v) is 2.09. The van der Waals surface area contributed by atoms with Gasteiger partial charge in [0.2, 0.25) is 0 Å². The number of aliphatic carboxylic acids is 1. The molecular formula is C11H14N2O4. The normalized spacial score (nSPS) is 27.1. The van der Waals surface area contributed by atoms with E-state index in [-0.39, 0.29) is 12.6 Å². The summed E-state index contributed by atoms with van der Waals surface area (Å²) < 4.78 is 0. The summed E-state index contributed by atoms with van der Waals surface area (Å²) in [7, 11) is 0. The molecule has 2 aliphatic heterocycles. The van der Waals surface area contributed by atoms with Crippen molar-refractivity contribution in [1.29, 1.82) is 0 Å². The monoisotopic (exact) mass is 238 g/mol. The lowest BCUT2D eigenvalue weighted by Crippen LogP contribution is -2.43. The van der Waals surface area contributed by atoms with Crippen LogP contribution in [0.25, 0.3) is 0 Å². The van der Waals surface area contributed by atoms with Gasteiger partial charge < -0.3 is 10.0 Å². The minimum Gasteiger partial charge on any atom is -0.479 e. The second-order valence-electron chi connectivity index (χ2n) is 4.05. The summed E-state index contributed by atoms with van der Waals surface area (Å²) in [6, 6.07) is -1.49. The highest BCUT2D eigenvalue weighted by Gasteiger charge is 2.47. The zero-order valence-corrected chi connectivity index (χ0v) is 9.50. The summed E-state index contributed by atoms with van der Waals surface area (Å²) in [5, 5.41) is 10.3. The van der Waals surface area contributed by atoms with E-state index in [1.54, 1.807) is 19.1 Å². The van der Waals surface area contributed by atoms with Gasteiger partial charge in [-0.2, -0.15) is 5.06 Å². The van der Waals surface area contributed by atoms with Crippen LogP contribution < -0.4 is 0 Å². The maximum absolute atomic E-state index is 11.9. The molecule has 1 fully saturated rings. The lowest BCUT2D eigenvalue weighted by atomic mass is 10.0. The molecule has 1 saturated heterocycles. The largest absolute Gasteiger partial charge is 0.479 e. The Kier molecular flexibility index (Phi) is 2.89. The van der Waals surface area contributed by atoms with Crippen molar-refractivity contribution < 1.29 is 19.5 Å².